The van der Waals surface area contributed by atoms with E-state index in [1.54, 1.807) is 0 Å². The van der Waals surface area contributed by atoms with Crippen molar-refractivity contribution in [1.82, 2.24) is 4.90 Å². The molecule has 0 aromatic heterocycles. The van der Waals surface area contributed by atoms with Crippen molar-refractivity contribution < 1.29 is 9.53 Å². The minimum atomic E-state index is -0.254. The van der Waals surface area contributed by atoms with E-state index in [-0.39, 0.29) is 24.4 Å². The summed E-state index contributed by atoms with van der Waals surface area (Å²) in [6.07, 6.45) is 5.92. The van der Waals surface area contributed by atoms with Crippen LogP contribution in [-0.2, 0) is 17.8 Å². The Kier molecular flexibility index (Phi) is 6.97. The minimum Gasteiger partial charge on any atom is -0.493 e. The Bertz CT molecular complexity index is 790. The number of amides is 1. The average molecular weight is 401 g/mol. The van der Waals surface area contributed by atoms with Crippen LogP contribution >= 0.6 is 12.4 Å². The average Bonchev–Trinajstić information content (AvgIpc) is 3.38. The molecule has 1 amide bonds. The number of rotatable bonds is 6. The third kappa shape index (κ3) is 4.68. The highest BCUT2D eigenvalue weighted by molar-refractivity contribution is 5.85. The van der Waals surface area contributed by atoms with Crippen LogP contribution in [-0.4, -0.2) is 23.5 Å². The van der Waals surface area contributed by atoms with Crippen LogP contribution < -0.4 is 10.5 Å². The van der Waals surface area contributed by atoms with Gasteiger partial charge in [0.15, 0.2) is 0 Å². The SMILES string of the molecule is Cl.NC(CC(=O)N(Cc1ccc2c(c1)CCO2)C1CCCC1)c1ccccc1. The smallest absolute Gasteiger partial charge is 0.225 e. The lowest BCUT2D eigenvalue weighted by Crippen LogP contribution is -2.39. The summed E-state index contributed by atoms with van der Waals surface area (Å²) in [4.78, 5) is 15.3. The van der Waals surface area contributed by atoms with Crippen LogP contribution in [0.3, 0.4) is 0 Å². The number of benzene rings is 2. The highest BCUT2D eigenvalue weighted by atomic mass is 35.5. The van der Waals surface area contributed by atoms with E-state index in [4.69, 9.17) is 10.5 Å². The molecule has 1 atom stereocenters. The molecule has 1 aliphatic heterocycles. The van der Waals surface area contributed by atoms with Crippen LogP contribution in [0.1, 0.15) is 54.8 Å². The van der Waals surface area contributed by atoms with Gasteiger partial charge in [-0.15, -0.1) is 12.4 Å². The van der Waals surface area contributed by atoms with Gasteiger partial charge >= 0.3 is 0 Å². The van der Waals surface area contributed by atoms with Gasteiger partial charge in [0.2, 0.25) is 5.91 Å². The Morgan fingerprint density at radius 2 is 1.89 bits per heavy atom. The molecule has 1 unspecified atom stereocenters. The predicted molar refractivity (Wildman–Crippen MR) is 114 cm³/mol. The number of hydrogen-bond acceptors (Lipinski definition) is 3. The molecule has 0 spiro atoms. The standard InChI is InChI=1S/C23H28N2O2.ClH/c24-21(18-6-2-1-3-7-18)15-23(26)25(20-8-4-5-9-20)16-17-10-11-22-19(14-17)12-13-27-22;/h1-3,6-7,10-11,14,20-21H,4-5,8-9,12-13,15-16,24H2;1H. The lowest BCUT2D eigenvalue weighted by Gasteiger charge is -2.30. The first-order valence-corrected chi connectivity index (χ1v) is 10.1. The lowest BCUT2D eigenvalue weighted by molar-refractivity contribution is -0.134. The fourth-order valence-corrected chi connectivity index (χ4v) is 4.30. The zero-order valence-corrected chi connectivity index (χ0v) is 17.0. The highest BCUT2D eigenvalue weighted by Gasteiger charge is 2.28. The first-order valence-electron chi connectivity index (χ1n) is 10.1. The monoisotopic (exact) mass is 400 g/mol. The summed E-state index contributed by atoms with van der Waals surface area (Å²) in [6.45, 7) is 1.42. The maximum absolute atomic E-state index is 13.2. The van der Waals surface area contributed by atoms with Crippen molar-refractivity contribution in [2.24, 2.45) is 5.73 Å². The molecule has 5 heteroatoms. The molecular weight excluding hydrogens is 372 g/mol. The van der Waals surface area contributed by atoms with E-state index in [0.29, 0.717) is 19.0 Å². The van der Waals surface area contributed by atoms with E-state index in [9.17, 15) is 4.79 Å². The molecular formula is C23H29ClN2O2. The van der Waals surface area contributed by atoms with Crippen LogP contribution in [0.2, 0.25) is 0 Å². The third-order valence-electron chi connectivity index (χ3n) is 5.81. The zero-order valence-electron chi connectivity index (χ0n) is 16.2. The zero-order chi connectivity index (χ0) is 18.6. The second-order valence-electron chi connectivity index (χ2n) is 7.72. The summed E-state index contributed by atoms with van der Waals surface area (Å²) in [7, 11) is 0. The number of ether oxygens (including phenoxy) is 1. The summed E-state index contributed by atoms with van der Waals surface area (Å²) in [5.41, 5.74) is 9.80. The van der Waals surface area contributed by atoms with E-state index in [1.807, 2.05) is 36.4 Å². The van der Waals surface area contributed by atoms with Crippen molar-refractivity contribution in [3.05, 3.63) is 65.2 Å². The van der Waals surface area contributed by atoms with Crippen molar-refractivity contribution in [3.63, 3.8) is 0 Å². The molecule has 2 N–H and O–H groups in total. The third-order valence-corrected chi connectivity index (χ3v) is 5.81. The van der Waals surface area contributed by atoms with E-state index < -0.39 is 0 Å². The quantitative estimate of drug-likeness (QED) is 0.781. The summed E-state index contributed by atoms with van der Waals surface area (Å²) < 4.78 is 5.61. The minimum absolute atomic E-state index is 0. The fourth-order valence-electron chi connectivity index (χ4n) is 4.30. The molecule has 150 valence electrons. The molecule has 2 aliphatic rings. The van der Waals surface area contributed by atoms with Gasteiger partial charge in [0.1, 0.15) is 5.75 Å². The molecule has 0 bridgehead atoms. The molecule has 0 radical (unpaired) electrons. The van der Waals surface area contributed by atoms with Crippen molar-refractivity contribution in [3.8, 4) is 5.75 Å². The van der Waals surface area contributed by atoms with Gasteiger partial charge in [-0.2, -0.15) is 0 Å². The fraction of sp³-hybridized carbons (Fsp3) is 0.435. The van der Waals surface area contributed by atoms with Crippen LogP contribution in [0.25, 0.3) is 0 Å². The first-order chi connectivity index (χ1) is 13.2. The second-order valence-corrected chi connectivity index (χ2v) is 7.72. The molecule has 0 saturated heterocycles. The molecule has 2 aromatic carbocycles. The molecule has 1 aliphatic carbocycles. The van der Waals surface area contributed by atoms with Crippen LogP contribution in [0.5, 0.6) is 5.75 Å². The number of halogens is 1. The maximum atomic E-state index is 13.2. The first kappa shape index (κ1) is 20.7. The van der Waals surface area contributed by atoms with Gasteiger partial charge in [-0.3, -0.25) is 4.79 Å². The van der Waals surface area contributed by atoms with E-state index >= 15 is 0 Å². The van der Waals surface area contributed by atoms with Crippen LogP contribution in [0.4, 0.5) is 0 Å². The van der Waals surface area contributed by atoms with Gasteiger partial charge in [-0.25, -0.2) is 0 Å². The van der Waals surface area contributed by atoms with Gasteiger partial charge in [0.25, 0.3) is 0 Å². The maximum Gasteiger partial charge on any atom is 0.225 e. The number of carbonyl (C=O) groups excluding carboxylic acids is 1. The summed E-state index contributed by atoms with van der Waals surface area (Å²) in [5, 5.41) is 0. The van der Waals surface area contributed by atoms with E-state index in [0.717, 1.165) is 37.2 Å². The Labute approximate surface area is 173 Å². The van der Waals surface area contributed by atoms with Crippen molar-refractivity contribution in [2.75, 3.05) is 6.61 Å². The Balaban J connectivity index is 0.00000225. The predicted octanol–water partition coefficient (Wildman–Crippen LogP) is 4.40. The molecule has 2 aromatic rings. The van der Waals surface area contributed by atoms with Gasteiger partial charge < -0.3 is 15.4 Å². The van der Waals surface area contributed by atoms with Gasteiger partial charge in [0, 0.05) is 31.5 Å². The van der Waals surface area contributed by atoms with E-state index in [1.165, 1.54) is 24.0 Å². The summed E-state index contributed by atoms with van der Waals surface area (Å²) >= 11 is 0. The van der Waals surface area contributed by atoms with Gasteiger partial charge in [0.05, 0.1) is 6.61 Å². The number of hydrogen-bond donors (Lipinski definition) is 1. The normalized spacial score (nSPS) is 16.8. The lowest BCUT2D eigenvalue weighted by atomic mass is 10.0. The topological polar surface area (TPSA) is 55.6 Å². The second kappa shape index (κ2) is 9.44. The molecule has 1 fully saturated rings. The van der Waals surface area contributed by atoms with Crippen LogP contribution in [0.15, 0.2) is 48.5 Å². The van der Waals surface area contributed by atoms with Crippen molar-refractivity contribution in [1.29, 1.82) is 0 Å². The summed E-state index contributed by atoms with van der Waals surface area (Å²) in [6, 6.07) is 16.3. The number of fused-ring (bicyclic) bond motifs is 1. The molecule has 4 rings (SSSR count). The Morgan fingerprint density at radius 1 is 1.14 bits per heavy atom. The number of nitrogens with two attached hydrogens (primary N) is 1. The molecule has 1 saturated carbocycles. The number of nitrogens with zero attached hydrogens (tertiary/aromatic N) is 1. The number of carbonyl (C=O) groups is 1. The van der Waals surface area contributed by atoms with Crippen molar-refractivity contribution >= 4 is 18.3 Å². The highest BCUT2D eigenvalue weighted by Crippen LogP contribution is 2.30. The molecule has 4 nitrogen and oxygen atoms in total. The van der Waals surface area contributed by atoms with Gasteiger partial charge in [-0.1, -0.05) is 55.3 Å². The van der Waals surface area contributed by atoms with E-state index in [2.05, 4.69) is 17.0 Å². The Hall–Kier alpha value is -2.04. The Morgan fingerprint density at radius 3 is 2.64 bits per heavy atom. The van der Waals surface area contributed by atoms with Gasteiger partial charge in [-0.05, 0) is 35.6 Å². The summed E-state index contributed by atoms with van der Waals surface area (Å²) in [5.74, 6) is 1.15. The van der Waals surface area contributed by atoms with Crippen LogP contribution in [0, 0.1) is 0 Å². The van der Waals surface area contributed by atoms with Crippen molar-refractivity contribution in [2.45, 2.75) is 57.2 Å². The molecule has 28 heavy (non-hydrogen) atoms. The largest absolute Gasteiger partial charge is 0.493 e. The molecule has 1 heterocycles.